The summed E-state index contributed by atoms with van der Waals surface area (Å²) in [6, 6.07) is 9.20. The summed E-state index contributed by atoms with van der Waals surface area (Å²) in [4.78, 5) is 42.9. The second-order valence-electron chi connectivity index (χ2n) is 9.19. The summed E-state index contributed by atoms with van der Waals surface area (Å²) in [6.07, 6.45) is 2.50. The summed E-state index contributed by atoms with van der Waals surface area (Å²) in [6.45, 7) is 9.09. The van der Waals surface area contributed by atoms with E-state index in [-0.39, 0.29) is 37.0 Å². The van der Waals surface area contributed by atoms with Crippen molar-refractivity contribution in [3.05, 3.63) is 47.7 Å². The van der Waals surface area contributed by atoms with Gasteiger partial charge in [-0.1, -0.05) is 44.2 Å². The van der Waals surface area contributed by atoms with Crippen molar-refractivity contribution in [2.75, 3.05) is 20.3 Å². The lowest BCUT2D eigenvalue weighted by molar-refractivity contribution is -0.146. The van der Waals surface area contributed by atoms with Gasteiger partial charge in [-0.05, 0) is 37.5 Å². The van der Waals surface area contributed by atoms with E-state index >= 15 is 0 Å². The van der Waals surface area contributed by atoms with Gasteiger partial charge in [0.2, 0.25) is 5.91 Å². The lowest BCUT2D eigenvalue weighted by Crippen LogP contribution is -2.49. The topological polar surface area (TPSA) is 95.0 Å². The molecule has 3 rings (SSSR count). The van der Waals surface area contributed by atoms with Crippen LogP contribution in [0.25, 0.3) is 17.0 Å². The average Bonchev–Trinajstić information content (AvgIpc) is 3.17. The van der Waals surface area contributed by atoms with Crippen molar-refractivity contribution in [1.82, 2.24) is 9.88 Å². The molecule has 0 aliphatic carbocycles. The Hall–Kier alpha value is -3.26. The number of pyridine rings is 1. The molecule has 0 radical (unpaired) electrons. The van der Waals surface area contributed by atoms with Gasteiger partial charge in [0.25, 0.3) is 0 Å². The molecule has 0 N–H and O–H groups in total. The standard InChI is InChI=1S/C26H32N2O6/c1-16(2)23-14-33-25(31)28(23)24(30)26(5,15-32-6)12-11-19-7-8-20-9-10-21(27-22(20)13-19)17(3)34-18(4)29/h7-13,16-17,23H,14-15H2,1-6H3/b12-11+/t17-,23+,26?/m1/s1. The van der Waals surface area contributed by atoms with Crippen molar-refractivity contribution in [2.24, 2.45) is 11.3 Å². The van der Waals surface area contributed by atoms with E-state index in [0.29, 0.717) is 5.69 Å². The number of aromatic nitrogens is 1. The summed E-state index contributed by atoms with van der Waals surface area (Å²) in [5, 5.41) is 0.936. The Morgan fingerprint density at radius 3 is 2.62 bits per heavy atom. The maximum atomic E-state index is 13.5. The SMILES string of the molecule is COCC(C)(/C=C/c1ccc2ccc([C@@H](C)OC(C)=O)nc2c1)C(=O)N1C(=O)OC[C@H]1C(C)C. The number of fused-ring (bicyclic) bond motifs is 1. The Morgan fingerprint density at radius 1 is 1.26 bits per heavy atom. The highest BCUT2D eigenvalue weighted by atomic mass is 16.6. The highest BCUT2D eigenvalue weighted by Crippen LogP contribution is 2.30. The van der Waals surface area contributed by atoms with Crippen LogP contribution < -0.4 is 0 Å². The molecule has 1 aliphatic heterocycles. The Labute approximate surface area is 199 Å². The highest BCUT2D eigenvalue weighted by molar-refractivity contribution is 5.98. The number of nitrogens with zero attached hydrogens (tertiary/aromatic N) is 2. The smallest absolute Gasteiger partial charge is 0.417 e. The molecule has 182 valence electrons. The van der Waals surface area contributed by atoms with E-state index in [2.05, 4.69) is 4.98 Å². The molecule has 1 saturated heterocycles. The fourth-order valence-corrected chi connectivity index (χ4v) is 3.99. The lowest BCUT2D eigenvalue weighted by Gasteiger charge is -2.31. The second-order valence-corrected chi connectivity index (χ2v) is 9.19. The van der Waals surface area contributed by atoms with Crippen molar-refractivity contribution < 1.29 is 28.6 Å². The zero-order chi connectivity index (χ0) is 25.0. The van der Waals surface area contributed by atoms with Crippen molar-refractivity contribution >= 4 is 34.9 Å². The van der Waals surface area contributed by atoms with Gasteiger partial charge in [0.1, 0.15) is 12.7 Å². The maximum Gasteiger partial charge on any atom is 0.417 e. The molecule has 2 amide bonds. The van der Waals surface area contributed by atoms with Crippen LogP contribution >= 0.6 is 0 Å². The molecule has 3 atom stereocenters. The first-order chi connectivity index (χ1) is 16.1. The largest absolute Gasteiger partial charge is 0.456 e. The second kappa shape index (κ2) is 10.3. The fourth-order valence-electron chi connectivity index (χ4n) is 3.99. The first kappa shape index (κ1) is 25.4. The molecular formula is C26H32N2O6. The van der Waals surface area contributed by atoms with Crippen LogP contribution in [-0.2, 0) is 23.8 Å². The van der Waals surface area contributed by atoms with Crippen LogP contribution in [0, 0.1) is 11.3 Å². The molecule has 1 aliphatic rings. The van der Waals surface area contributed by atoms with E-state index in [1.54, 1.807) is 19.9 Å². The summed E-state index contributed by atoms with van der Waals surface area (Å²) < 4.78 is 15.7. The average molecular weight is 469 g/mol. The van der Waals surface area contributed by atoms with Crippen LogP contribution in [0.3, 0.4) is 0 Å². The van der Waals surface area contributed by atoms with Gasteiger partial charge in [-0.15, -0.1) is 0 Å². The van der Waals surface area contributed by atoms with Crippen LogP contribution in [-0.4, -0.2) is 54.2 Å². The third-order valence-electron chi connectivity index (χ3n) is 5.97. The van der Waals surface area contributed by atoms with Gasteiger partial charge in [0, 0.05) is 19.4 Å². The first-order valence-corrected chi connectivity index (χ1v) is 11.3. The quantitative estimate of drug-likeness (QED) is 0.525. The van der Waals surface area contributed by atoms with E-state index in [0.717, 1.165) is 16.5 Å². The summed E-state index contributed by atoms with van der Waals surface area (Å²) in [5.74, 6) is -0.653. The molecule has 2 aromatic rings. The molecule has 2 heterocycles. The number of rotatable bonds is 8. The minimum absolute atomic E-state index is 0.0707. The molecule has 0 saturated carbocycles. The molecular weight excluding hydrogens is 436 g/mol. The number of carbonyl (C=O) groups is 3. The predicted octanol–water partition coefficient (Wildman–Crippen LogP) is 4.53. The van der Waals surface area contributed by atoms with E-state index in [4.69, 9.17) is 14.2 Å². The van der Waals surface area contributed by atoms with Crippen LogP contribution in [0.4, 0.5) is 4.79 Å². The number of cyclic esters (lactones) is 1. The Morgan fingerprint density at radius 2 is 1.97 bits per heavy atom. The van der Waals surface area contributed by atoms with Gasteiger partial charge in [-0.2, -0.15) is 0 Å². The monoisotopic (exact) mass is 468 g/mol. The Balaban J connectivity index is 1.90. The molecule has 1 aromatic carbocycles. The fraction of sp³-hybridized carbons (Fsp3) is 0.462. The van der Waals surface area contributed by atoms with Crippen molar-refractivity contribution in [1.29, 1.82) is 0 Å². The number of amides is 2. The summed E-state index contributed by atoms with van der Waals surface area (Å²) in [7, 11) is 1.52. The molecule has 0 bridgehead atoms. The number of imide groups is 1. The zero-order valence-corrected chi connectivity index (χ0v) is 20.5. The first-order valence-electron chi connectivity index (χ1n) is 11.3. The van der Waals surface area contributed by atoms with Crippen LogP contribution in [0.2, 0.25) is 0 Å². The Bertz CT molecular complexity index is 1110. The molecule has 0 spiro atoms. The van der Waals surface area contributed by atoms with Gasteiger partial charge in [-0.3, -0.25) is 9.59 Å². The molecule has 1 fully saturated rings. The van der Waals surface area contributed by atoms with E-state index in [1.807, 2.05) is 50.3 Å². The van der Waals surface area contributed by atoms with E-state index in [1.165, 1.54) is 18.9 Å². The number of methoxy groups -OCH3 is 1. The number of hydrogen-bond donors (Lipinski definition) is 0. The normalized spacial score (nSPS) is 18.9. The zero-order valence-electron chi connectivity index (χ0n) is 20.5. The number of ether oxygens (including phenoxy) is 3. The number of benzene rings is 1. The van der Waals surface area contributed by atoms with Gasteiger partial charge in [-0.25, -0.2) is 14.7 Å². The van der Waals surface area contributed by atoms with Crippen molar-refractivity contribution in [3.63, 3.8) is 0 Å². The molecule has 34 heavy (non-hydrogen) atoms. The van der Waals surface area contributed by atoms with Crippen LogP contribution in [0.1, 0.15) is 52.0 Å². The third-order valence-corrected chi connectivity index (χ3v) is 5.97. The van der Waals surface area contributed by atoms with E-state index in [9.17, 15) is 14.4 Å². The summed E-state index contributed by atoms with van der Waals surface area (Å²) >= 11 is 0. The number of carbonyl (C=O) groups excluding carboxylic acids is 3. The van der Waals surface area contributed by atoms with Crippen LogP contribution in [0.5, 0.6) is 0 Å². The third kappa shape index (κ3) is 5.44. The number of esters is 1. The van der Waals surface area contributed by atoms with Crippen molar-refractivity contribution in [2.45, 2.75) is 46.8 Å². The van der Waals surface area contributed by atoms with Gasteiger partial charge in [0.05, 0.1) is 29.3 Å². The highest BCUT2D eigenvalue weighted by Gasteiger charge is 2.46. The van der Waals surface area contributed by atoms with E-state index < -0.39 is 17.6 Å². The van der Waals surface area contributed by atoms with Gasteiger partial charge < -0.3 is 14.2 Å². The predicted molar refractivity (Wildman–Crippen MR) is 128 cm³/mol. The Kier molecular flexibility index (Phi) is 7.71. The molecule has 8 nitrogen and oxygen atoms in total. The molecule has 1 unspecified atom stereocenters. The van der Waals surface area contributed by atoms with Crippen molar-refractivity contribution in [3.8, 4) is 0 Å². The van der Waals surface area contributed by atoms with Gasteiger partial charge >= 0.3 is 12.1 Å². The maximum absolute atomic E-state index is 13.5. The summed E-state index contributed by atoms with van der Waals surface area (Å²) in [5.41, 5.74) is 1.15. The minimum atomic E-state index is -1.07. The number of hydrogen-bond acceptors (Lipinski definition) is 7. The molecule has 1 aromatic heterocycles. The lowest BCUT2D eigenvalue weighted by atomic mass is 9.87. The van der Waals surface area contributed by atoms with Gasteiger partial charge in [0.15, 0.2) is 0 Å². The molecule has 8 heteroatoms. The minimum Gasteiger partial charge on any atom is -0.456 e. The van der Waals surface area contributed by atoms with Crippen LogP contribution in [0.15, 0.2) is 36.4 Å².